The highest BCUT2D eigenvalue weighted by atomic mass is 32.2. The molecule has 1 aliphatic rings. The van der Waals surface area contributed by atoms with Crippen LogP contribution >= 0.6 is 0 Å². The summed E-state index contributed by atoms with van der Waals surface area (Å²) in [6.45, 7) is 3.32. The second-order valence-corrected chi connectivity index (χ2v) is 7.00. The summed E-state index contributed by atoms with van der Waals surface area (Å²) >= 11 is 0. The number of benzene rings is 1. The van der Waals surface area contributed by atoms with Gasteiger partial charge in [0, 0.05) is 13.1 Å². The van der Waals surface area contributed by atoms with Crippen LogP contribution in [0.25, 0.3) is 0 Å². The molecule has 0 bridgehead atoms. The minimum absolute atomic E-state index is 0.0672. The van der Waals surface area contributed by atoms with Gasteiger partial charge in [-0.25, -0.2) is 8.42 Å². The van der Waals surface area contributed by atoms with Gasteiger partial charge in [-0.15, -0.1) is 0 Å². The number of nitrogens with zero attached hydrogens (tertiary/aromatic N) is 1. The van der Waals surface area contributed by atoms with Gasteiger partial charge < -0.3 is 5.11 Å². The Morgan fingerprint density at radius 1 is 1.21 bits per heavy atom. The van der Waals surface area contributed by atoms with E-state index in [-0.39, 0.29) is 6.61 Å². The fourth-order valence-corrected chi connectivity index (χ4v) is 3.94. The Kier molecular flexibility index (Phi) is 4.60. The molecule has 1 fully saturated rings. The van der Waals surface area contributed by atoms with E-state index in [4.69, 9.17) is 5.11 Å². The van der Waals surface area contributed by atoms with Crippen LogP contribution in [0, 0.1) is 5.92 Å². The van der Waals surface area contributed by atoms with Crippen LogP contribution in [-0.2, 0) is 16.6 Å². The Morgan fingerprint density at radius 2 is 1.79 bits per heavy atom. The zero-order valence-electron chi connectivity index (χ0n) is 11.2. The van der Waals surface area contributed by atoms with Crippen molar-refractivity contribution in [2.24, 2.45) is 5.92 Å². The summed E-state index contributed by atoms with van der Waals surface area (Å²) in [5.41, 5.74) is 0.726. The Bertz CT molecular complexity index is 502. The number of hydrogen-bond donors (Lipinski definition) is 1. The molecular weight excluding hydrogens is 262 g/mol. The van der Waals surface area contributed by atoms with E-state index in [9.17, 15) is 8.42 Å². The second-order valence-electron chi connectivity index (χ2n) is 5.06. The highest BCUT2D eigenvalue weighted by Gasteiger charge is 2.28. The third-order valence-corrected chi connectivity index (χ3v) is 5.81. The largest absolute Gasteiger partial charge is 0.392 e. The van der Waals surface area contributed by atoms with Gasteiger partial charge in [0.05, 0.1) is 11.5 Å². The number of hydrogen-bond acceptors (Lipinski definition) is 3. The van der Waals surface area contributed by atoms with E-state index < -0.39 is 10.0 Å². The van der Waals surface area contributed by atoms with Crippen molar-refractivity contribution in [3.05, 3.63) is 29.8 Å². The molecule has 106 valence electrons. The van der Waals surface area contributed by atoms with Gasteiger partial charge in [-0.05, 0) is 36.5 Å². The molecule has 5 heteroatoms. The van der Waals surface area contributed by atoms with E-state index in [1.165, 1.54) is 0 Å². The topological polar surface area (TPSA) is 57.6 Å². The number of sulfonamides is 1. The van der Waals surface area contributed by atoms with Crippen molar-refractivity contribution < 1.29 is 13.5 Å². The first-order chi connectivity index (χ1) is 9.07. The molecule has 1 saturated heterocycles. The van der Waals surface area contributed by atoms with Crippen molar-refractivity contribution in [3.8, 4) is 0 Å². The molecular formula is C14H21NO3S. The first-order valence-corrected chi connectivity index (χ1v) is 8.22. The predicted molar refractivity (Wildman–Crippen MR) is 74.1 cm³/mol. The Morgan fingerprint density at radius 3 is 2.26 bits per heavy atom. The minimum Gasteiger partial charge on any atom is -0.392 e. The molecule has 4 nitrogen and oxygen atoms in total. The van der Waals surface area contributed by atoms with Gasteiger partial charge in [0.25, 0.3) is 0 Å². The fraction of sp³-hybridized carbons (Fsp3) is 0.571. The summed E-state index contributed by atoms with van der Waals surface area (Å²) in [6.07, 6.45) is 3.02. The molecule has 0 amide bonds. The van der Waals surface area contributed by atoms with E-state index in [1.807, 2.05) is 0 Å². The molecule has 1 aromatic rings. The van der Waals surface area contributed by atoms with Crippen LogP contribution in [0.5, 0.6) is 0 Å². The van der Waals surface area contributed by atoms with E-state index in [0.717, 1.165) is 24.8 Å². The molecule has 1 heterocycles. The van der Waals surface area contributed by atoms with Crippen molar-refractivity contribution in [2.75, 3.05) is 13.1 Å². The van der Waals surface area contributed by atoms with Crippen molar-refractivity contribution >= 4 is 10.0 Å². The molecule has 2 rings (SSSR count). The summed E-state index contributed by atoms with van der Waals surface area (Å²) in [5, 5.41) is 8.98. The lowest BCUT2D eigenvalue weighted by Crippen LogP contribution is -2.38. The van der Waals surface area contributed by atoms with Crippen molar-refractivity contribution in [2.45, 2.75) is 37.7 Å². The smallest absolute Gasteiger partial charge is 0.243 e. The van der Waals surface area contributed by atoms with E-state index in [2.05, 4.69) is 6.92 Å². The van der Waals surface area contributed by atoms with E-state index >= 15 is 0 Å². The zero-order chi connectivity index (χ0) is 13.9. The SMILES string of the molecule is CCC1CCN(S(=O)(=O)c2ccc(CO)cc2)CC1. The van der Waals surface area contributed by atoms with Gasteiger partial charge in [-0.3, -0.25) is 0 Å². The maximum atomic E-state index is 12.4. The number of piperidine rings is 1. The van der Waals surface area contributed by atoms with Crippen molar-refractivity contribution in [3.63, 3.8) is 0 Å². The molecule has 1 N–H and O–H groups in total. The maximum Gasteiger partial charge on any atom is 0.243 e. The van der Waals surface area contributed by atoms with Crippen LogP contribution in [0.3, 0.4) is 0 Å². The standard InChI is InChI=1S/C14H21NO3S/c1-2-12-7-9-15(10-8-12)19(17,18)14-5-3-13(11-16)4-6-14/h3-6,12,16H,2,7-11H2,1H3. The normalized spacial score (nSPS) is 18.6. The Labute approximate surface area is 115 Å². The van der Waals surface area contributed by atoms with E-state index in [1.54, 1.807) is 28.6 Å². The van der Waals surface area contributed by atoms with Crippen LogP contribution < -0.4 is 0 Å². The molecule has 1 aromatic carbocycles. The monoisotopic (exact) mass is 283 g/mol. The predicted octanol–water partition coefficient (Wildman–Crippen LogP) is 1.99. The molecule has 0 radical (unpaired) electrons. The fourth-order valence-electron chi connectivity index (χ4n) is 2.47. The lowest BCUT2D eigenvalue weighted by molar-refractivity contribution is 0.269. The molecule has 0 atom stereocenters. The molecule has 0 saturated carbocycles. The van der Waals surface area contributed by atoms with Gasteiger partial charge in [0.15, 0.2) is 0 Å². The van der Waals surface area contributed by atoms with Gasteiger partial charge >= 0.3 is 0 Å². The summed E-state index contributed by atoms with van der Waals surface area (Å²) in [4.78, 5) is 0.319. The highest BCUT2D eigenvalue weighted by molar-refractivity contribution is 7.89. The Hall–Kier alpha value is -0.910. The summed E-state index contributed by atoms with van der Waals surface area (Å²) < 4.78 is 26.5. The molecule has 0 spiro atoms. The third-order valence-electron chi connectivity index (χ3n) is 3.89. The zero-order valence-corrected chi connectivity index (χ0v) is 12.1. The Balaban J connectivity index is 2.13. The van der Waals surface area contributed by atoms with Gasteiger partial charge in [0.2, 0.25) is 10.0 Å². The number of aliphatic hydroxyl groups excluding tert-OH is 1. The van der Waals surface area contributed by atoms with Gasteiger partial charge in [-0.2, -0.15) is 4.31 Å². The lowest BCUT2D eigenvalue weighted by atomic mass is 9.96. The van der Waals surface area contributed by atoms with Gasteiger partial charge in [-0.1, -0.05) is 25.5 Å². The minimum atomic E-state index is -3.37. The summed E-state index contributed by atoms with van der Waals surface area (Å²) in [5.74, 6) is 0.656. The average molecular weight is 283 g/mol. The van der Waals surface area contributed by atoms with Crippen LogP contribution in [0.15, 0.2) is 29.2 Å². The van der Waals surface area contributed by atoms with Crippen LogP contribution in [-0.4, -0.2) is 30.9 Å². The van der Waals surface area contributed by atoms with Crippen LogP contribution in [0.4, 0.5) is 0 Å². The average Bonchev–Trinajstić information content (AvgIpc) is 2.47. The van der Waals surface area contributed by atoms with Gasteiger partial charge in [0.1, 0.15) is 0 Å². The van der Waals surface area contributed by atoms with Crippen LogP contribution in [0.1, 0.15) is 31.7 Å². The molecule has 0 aliphatic carbocycles. The number of rotatable bonds is 4. The quantitative estimate of drug-likeness (QED) is 0.919. The highest BCUT2D eigenvalue weighted by Crippen LogP contribution is 2.25. The molecule has 1 aliphatic heterocycles. The summed E-state index contributed by atoms with van der Waals surface area (Å²) in [7, 11) is -3.37. The van der Waals surface area contributed by atoms with Crippen molar-refractivity contribution in [1.29, 1.82) is 0 Å². The first kappa shape index (κ1) is 14.5. The molecule has 0 aromatic heterocycles. The lowest BCUT2D eigenvalue weighted by Gasteiger charge is -2.30. The molecule has 19 heavy (non-hydrogen) atoms. The second kappa shape index (κ2) is 6.03. The van der Waals surface area contributed by atoms with E-state index in [0.29, 0.717) is 23.9 Å². The summed E-state index contributed by atoms with van der Waals surface area (Å²) in [6, 6.07) is 6.47. The third kappa shape index (κ3) is 3.16. The maximum absolute atomic E-state index is 12.4. The number of aliphatic hydroxyl groups is 1. The van der Waals surface area contributed by atoms with Crippen molar-refractivity contribution in [1.82, 2.24) is 4.31 Å². The molecule has 0 unspecified atom stereocenters. The first-order valence-electron chi connectivity index (χ1n) is 6.78. The van der Waals surface area contributed by atoms with Crippen LogP contribution in [0.2, 0.25) is 0 Å².